The van der Waals surface area contributed by atoms with E-state index in [0.717, 1.165) is 52.4 Å². The number of hydrogen-bond donors (Lipinski definition) is 1. The van der Waals surface area contributed by atoms with Gasteiger partial charge in [-0.05, 0) is 48.1 Å². The number of benzene rings is 2. The Bertz CT molecular complexity index is 1670. The van der Waals surface area contributed by atoms with Crippen LogP contribution in [0, 0.1) is 0 Å². The molecule has 1 aliphatic heterocycles. The number of carboxylic acids is 1. The predicted octanol–water partition coefficient (Wildman–Crippen LogP) is 5.54. The fourth-order valence-corrected chi connectivity index (χ4v) is 6.40. The fraction of sp³-hybridized carbons (Fsp3) is 0.321. The number of fused-ring (bicyclic) bond motifs is 5. The van der Waals surface area contributed by atoms with Crippen molar-refractivity contribution >= 4 is 38.4 Å². The zero-order valence-electron chi connectivity index (χ0n) is 20.5. The zero-order chi connectivity index (χ0) is 25.7. The maximum atomic E-state index is 11.9. The zero-order valence-corrected chi connectivity index (χ0v) is 21.3. The maximum absolute atomic E-state index is 11.9. The summed E-state index contributed by atoms with van der Waals surface area (Å²) in [5, 5.41) is 14.7. The summed E-state index contributed by atoms with van der Waals surface area (Å²) in [5.74, 6) is -0.501. The van der Waals surface area contributed by atoms with Gasteiger partial charge in [-0.25, -0.2) is 13.2 Å². The molecule has 8 nitrogen and oxygen atoms in total. The largest absolute Gasteiger partial charge is 0.478 e. The summed E-state index contributed by atoms with van der Waals surface area (Å²) < 4.78 is 31.2. The summed E-state index contributed by atoms with van der Waals surface area (Å²) in [6, 6.07) is 13.5. The van der Waals surface area contributed by atoms with Gasteiger partial charge in [-0.3, -0.25) is 0 Å². The molecule has 190 valence electrons. The number of aromatic carboxylic acids is 1. The van der Waals surface area contributed by atoms with Gasteiger partial charge in [0.05, 0.1) is 17.8 Å². The van der Waals surface area contributed by atoms with Gasteiger partial charge >= 0.3 is 5.97 Å². The highest BCUT2D eigenvalue weighted by Crippen LogP contribution is 2.47. The van der Waals surface area contributed by atoms with Gasteiger partial charge in [-0.1, -0.05) is 54.8 Å². The molecule has 0 saturated heterocycles. The molecule has 6 rings (SSSR count). The van der Waals surface area contributed by atoms with Crippen molar-refractivity contribution in [1.29, 1.82) is 0 Å². The standard InChI is InChI=1S/C28H27N3O5S/c1-37(34,35)16-24-29-27(36-30-24)20-13-18-9-5-6-10-21(18)26-25(17-7-3-2-4-8-17)22-12-11-19(28(32)33)14-23(22)31(26)15-20/h5-6,9-14,17H,2-4,7-8,15-16H2,1H3,(H,32,33). The van der Waals surface area contributed by atoms with Crippen LogP contribution in [0.4, 0.5) is 0 Å². The topological polar surface area (TPSA) is 115 Å². The van der Waals surface area contributed by atoms with Crippen LogP contribution in [-0.2, 0) is 22.1 Å². The third-order valence-electron chi connectivity index (χ3n) is 7.37. The van der Waals surface area contributed by atoms with Crippen LogP contribution in [0.15, 0.2) is 47.0 Å². The summed E-state index contributed by atoms with van der Waals surface area (Å²) in [7, 11) is -3.32. The average Bonchev–Trinajstić information content (AvgIpc) is 3.40. The van der Waals surface area contributed by atoms with Gasteiger partial charge in [0.15, 0.2) is 15.7 Å². The van der Waals surface area contributed by atoms with Crippen molar-refractivity contribution in [2.45, 2.75) is 50.3 Å². The Labute approximate surface area is 214 Å². The molecule has 1 aliphatic carbocycles. The smallest absolute Gasteiger partial charge is 0.335 e. The van der Waals surface area contributed by atoms with Crippen molar-refractivity contribution in [3.63, 3.8) is 0 Å². The lowest BCUT2D eigenvalue weighted by Crippen LogP contribution is -2.07. The van der Waals surface area contributed by atoms with Crippen LogP contribution in [0.25, 0.3) is 33.8 Å². The van der Waals surface area contributed by atoms with Crippen molar-refractivity contribution in [2.75, 3.05) is 6.26 Å². The number of sulfone groups is 1. The molecule has 9 heteroatoms. The van der Waals surface area contributed by atoms with Crippen molar-refractivity contribution in [3.8, 4) is 11.3 Å². The van der Waals surface area contributed by atoms with Crippen molar-refractivity contribution < 1.29 is 22.8 Å². The number of hydrogen-bond acceptors (Lipinski definition) is 6. The SMILES string of the molecule is CS(=O)(=O)Cc1noc(C2=Cc3ccccc3-c3c(C4CCCCC4)c4ccc(C(=O)O)cc4n3C2)n1. The Morgan fingerprint density at radius 2 is 1.92 bits per heavy atom. The minimum Gasteiger partial charge on any atom is -0.478 e. The van der Waals surface area contributed by atoms with Crippen LogP contribution in [0.2, 0.25) is 0 Å². The minimum absolute atomic E-state index is 0.115. The third-order valence-corrected chi connectivity index (χ3v) is 8.15. The molecule has 4 aromatic rings. The monoisotopic (exact) mass is 517 g/mol. The molecule has 0 amide bonds. The second-order valence-electron chi connectivity index (χ2n) is 10.1. The second kappa shape index (κ2) is 8.99. The Morgan fingerprint density at radius 1 is 1.14 bits per heavy atom. The fourth-order valence-electron chi connectivity index (χ4n) is 5.82. The van der Waals surface area contributed by atoms with E-state index in [4.69, 9.17) is 4.52 Å². The predicted molar refractivity (Wildman–Crippen MR) is 141 cm³/mol. The van der Waals surface area contributed by atoms with Gasteiger partial charge in [0.25, 0.3) is 5.89 Å². The van der Waals surface area contributed by atoms with E-state index in [2.05, 4.69) is 20.8 Å². The van der Waals surface area contributed by atoms with Crippen molar-refractivity contribution in [2.24, 2.45) is 0 Å². The summed E-state index contributed by atoms with van der Waals surface area (Å²) in [4.78, 5) is 16.3. The first-order chi connectivity index (χ1) is 17.8. The molecule has 1 fully saturated rings. The van der Waals surface area contributed by atoms with Gasteiger partial charge in [-0.2, -0.15) is 4.98 Å². The van der Waals surface area contributed by atoms with Gasteiger partial charge in [0.1, 0.15) is 5.75 Å². The molecular formula is C28H27N3O5S. The van der Waals surface area contributed by atoms with E-state index >= 15 is 0 Å². The number of carboxylic acid groups (broad SMARTS) is 1. The van der Waals surface area contributed by atoms with Crippen LogP contribution >= 0.6 is 0 Å². The maximum Gasteiger partial charge on any atom is 0.335 e. The van der Waals surface area contributed by atoms with Gasteiger partial charge in [0, 0.05) is 28.3 Å². The van der Waals surface area contributed by atoms with Gasteiger partial charge in [0.2, 0.25) is 0 Å². The van der Waals surface area contributed by atoms with E-state index in [9.17, 15) is 18.3 Å². The molecule has 0 spiro atoms. The van der Waals surface area contributed by atoms with Crippen LogP contribution in [0.1, 0.15) is 71.2 Å². The molecule has 3 heterocycles. The molecular weight excluding hydrogens is 490 g/mol. The van der Waals surface area contributed by atoms with E-state index in [1.807, 2.05) is 30.3 Å². The van der Waals surface area contributed by atoms with E-state index in [1.165, 1.54) is 24.8 Å². The van der Waals surface area contributed by atoms with Crippen LogP contribution < -0.4 is 0 Å². The lowest BCUT2D eigenvalue weighted by molar-refractivity contribution is 0.0697. The summed E-state index contributed by atoms with van der Waals surface area (Å²) in [6.45, 7) is 0.386. The Morgan fingerprint density at radius 3 is 2.68 bits per heavy atom. The molecule has 2 aromatic heterocycles. The van der Waals surface area contributed by atoms with Crippen LogP contribution in [0.3, 0.4) is 0 Å². The minimum atomic E-state index is -3.32. The number of allylic oxidation sites excluding steroid dienone is 1. The van der Waals surface area contributed by atoms with Crippen molar-refractivity contribution in [3.05, 3.63) is 70.9 Å². The third kappa shape index (κ3) is 4.37. The van der Waals surface area contributed by atoms with Crippen LogP contribution in [0.5, 0.6) is 0 Å². The number of nitrogens with zero attached hydrogens (tertiary/aromatic N) is 3. The summed E-state index contributed by atoms with van der Waals surface area (Å²) in [6.07, 6.45) is 8.96. The molecule has 1 saturated carbocycles. The first kappa shape index (κ1) is 23.7. The molecule has 0 atom stereocenters. The lowest BCUT2D eigenvalue weighted by atomic mass is 9.81. The van der Waals surface area contributed by atoms with Gasteiger partial charge in [-0.15, -0.1) is 0 Å². The lowest BCUT2D eigenvalue weighted by Gasteiger charge is -2.24. The number of carbonyl (C=O) groups is 1. The highest BCUT2D eigenvalue weighted by Gasteiger charge is 2.30. The molecule has 2 aliphatic rings. The number of aromatic nitrogens is 3. The molecule has 0 radical (unpaired) electrons. The molecule has 37 heavy (non-hydrogen) atoms. The average molecular weight is 518 g/mol. The first-order valence-corrected chi connectivity index (χ1v) is 14.5. The molecule has 0 bridgehead atoms. The Balaban J connectivity index is 1.59. The summed E-state index contributed by atoms with van der Waals surface area (Å²) in [5.41, 5.74) is 6.28. The van der Waals surface area contributed by atoms with E-state index < -0.39 is 15.8 Å². The molecule has 1 N–H and O–H groups in total. The van der Waals surface area contributed by atoms with Gasteiger partial charge < -0.3 is 14.2 Å². The molecule has 2 aromatic carbocycles. The van der Waals surface area contributed by atoms with E-state index in [1.54, 1.807) is 12.1 Å². The highest BCUT2D eigenvalue weighted by atomic mass is 32.2. The number of rotatable bonds is 5. The first-order valence-electron chi connectivity index (χ1n) is 12.5. The van der Waals surface area contributed by atoms with E-state index in [-0.39, 0.29) is 23.0 Å². The van der Waals surface area contributed by atoms with E-state index in [0.29, 0.717) is 12.5 Å². The second-order valence-corrected chi connectivity index (χ2v) is 12.2. The Kier molecular flexibility index (Phi) is 5.75. The highest BCUT2D eigenvalue weighted by molar-refractivity contribution is 7.89. The van der Waals surface area contributed by atoms with Crippen LogP contribution in [-0.4, -0.2) is 40.5 Å². The Hall–Kier alpha value is -3.72. The van der Waals surface area contributed by atoms with Crippen molar-refractivity contribution in [1.82, 2.24) is 14.7 Å². The summed E-state index contributed by atoms with van der Waals surface area (Å²) >= 11 is 0. The normalized spacial score (nSPS) is 16.2. The quantitative estimate of drug-likeness (QED) is 0.370. The molecule has 0 unspecified atom stereocenters.